The Morgan fingerprint density at radius 1 is 1.02 bits per heavy atom. The summed E-state index contributed by atoms with van der Waals surface area (Å²) >= 11 is 0. The van der Waals surface area contributed by atoms with Gasteiger partial charge in [-0.2, -0.15) is 0 Å². The molecule has 2 aliphatic heterocycles. The molecule has 8 nitrogen and oxygen atoms in total. The van der Waals surface area contributed by atoms with Gasteiger partial charge in [-0.15, -0.1) is 0 Å². The molecule has 1 N–H and O–H groups in total. The predicted octanol–water partition coefficient (Wildman–Crippen LogP) is 5.02. The summed E-state index contributed by atoms with van der Waals surface area (Å²) in [5.41, 5.74) is 6.34. The Balaban J connectivity index is 1.37. The van der Waals surface area contributed by atoms with Gasteiger partial charge in [0.15, 0.2) is 11.5 Å². The molecule has 6 rings (SSSR count). The van der Waals surface area contributed by atoms with E-state index in [0.29, 0.717) is 23.7 Å². The molecular weight excluding hydrogens is 506 g/mol. The van der Waals surface area contributed by atoms with Crippen LogP contribution in [0, 0.1) is 0 Å². The van der Waals surface area contributed by atoms with Crippen molar-refractivity contribution in [3.63, 3.8) is 0 Å². The number of ether oxygens (including phenoxy) is 3. The van der Waals surface area contributed by atoms with Gasteiger partial charge in [-0.05, 0) is 53.1 Å². The second-order valence-corrected chi connectivity index (χ2v) is 10.1. The number of carbonyl (C=O) groups is 2. The summed E-state index contributed by atoms with van der Waals surface area (Å²) < 4.78 is 19.2. The van der Waals surface area contributed by atoms with Crippen LogP contribution in [-0.4, -0.2) is 48.7 Å². The zero-order chi connectivity index (χ0) is 28.0. The van der Waals surface area contributed by atoms with Gasteiger partial charge in [0, 0.05) is 49.3 Å². The first-order valence-electron chi connectivity index (χ1n) is 13.2. The van der Waals surface area contributed by atoms with Crippen molar-refractivity contribution in [1.29, 1.82) is 0 Å². The Kier molecular flexibility index (Phi) is 6.46. The van der Waals surface area contributed by atoms with Gasteiger partial charge in [0.25, 0.3) is 5.91 Å². The van der Waals surface area contributed by atoms with Gasteiger partial charge in [0.2, 0.25) is 5.91 Å². The number of benzene rings is 3. The van der Waals surface area contributed by atoms with E-state index in [1.165, 1.54) is 11.8 Å². The second-order valence-electron chi connectivity index (χ2n) is 10.1. The van der Waals surface area contributed by atoms with Crippen molar-refractivity contribution in [3.8, 4) is 17.2 Å². The van der Waals surface area contributed by atoms with E-state index in [1.807, 2.05) is 61.6 Å². The number of methoxy groups -OCH3 is 2. The quantitative estimate of drug-likeness (QED) is 0.357. The molecular formula is C32H31N3O5. The molecule has 204 valence electrons. The van der Waals surface area contributed by atoms with E-state index in [4.69, 9.17) is 14.2 Å². The molecule has 0 aliphatic carbocycles. The second kappa shape index (κ2) is 10.1. The largest absolute Gasteiger partial charge is 0.497 e. The van der Waals surface area contributed by atoms with E-state index in [1.54, 1.807) is 14.2 Å². The minimum absolute atomic E-state index is 0.219. The zero-order valence-corrected chi connectivity index (χ0v) is 23.0. The van der Waals surface area contributed by atoms with E-state index in [9.17, 15) is 9.59 Å². The number of hydrogen-bond acceptors (Lipinski definition) is 6. The molecule has 2 amide bonds. The van der Waals surface area contributed by atoms with Crippen molar-refractivity contribution < 1.29 is 23.8 Å². The van der Waals surface area contributed by atoms with Gasteiger partial charge in [-0.3, -0.25) is 14.5 Å². The normalized spacial score (nSPS) is 16.1. The van der Waals surface area contributed by atoms with Crippen LogP contribution in [0.15, 0.2) is 78.1 Å². The molecule has 1 aromatic heterocycles. The molecule has 0 bridgehead atoms. The maximum atomic E-state index is 13.7. The lowest BCUT2D eigenvalue weighted by molar-refractivity contribution is -0.139. The topological polar surface area (TPSA) is 82.0 Å². The lowest BCUT2D eigenvalue weighted by atomic mass is 9.84. The Hall–Kier alpha value is -4.72. The lowest BCUT2D eigenvalue weighted by Crippen LogP contribution is -2.33. The van der Waals surface area contributed by atoms with Crippen molar-refractivity contribution >= 4 is 28.4 Å². The number of nitrogens with one attached hydrogen (secondary N) is 1. The molecule has 0 unspecified atom stereocenters. The molecule has 4 aromatic rings. The van der Waals surface area contributed by atoms with Gasteiger partial charge >= 0.3 is 0 Å². The standard InChI is InChI=1S/C32H31N3O5/c1-19(36)35-18-25-31(32(35)37)29(23-17-34(2)26-7-5-6-24(33-25)30(23)26)21-10-13-27(28(16-21)39-4)40-15-14-20-8-11-22(38-3)12-9-20/h5-13,16-17,29,33H,14-15,18H2,1-4H3/t29-/m1/s1. The third kappa shape index (κ3) is 4.25. The number of nitrogens with zero attached hydrogens (tertiary/aromatic N) is 2. The monoisotopic (exact) mass is 537 g/mol. The SMILES string of the molecule is COc1ccc(CCOc2ccc([C@H]3C4=C(CN(C(C)=O)C4=O)Nc4cccc5c4c3cn5C)cc2OC)cc1. The Bertz CT molecular complexity index is 1670. The smallest absolute Gasteiger partial charge is 0.259 e. The highest BCUT2D eigenvalue weighted by Crippen LogP contribution is 2.47. The van der Waals surface area contributed by atoms with Gasteiger partial charge in [0.1, 0.15) is 5.75 Å². The zero-order valence-electron chi connectivity index (χ0n) is 23.0. The maximum absolute atomic E-state index is 13.7. The third-order valence-electron chi connectivity index (χ3n) is 7.75. The van der Waals surface area contributed by atoms with E-state index >= 15 is 0 Å². The highest BCUT2D eigenvalue weighted by molar-refractivity contribution is 6.11. The molecule has 3 heterocycles. The van der Waals surface area contributed by atoms with Crippen LogP contribution in [0.1, 0.15) is 29.5 Å². The summed E-state index contributed by atoms with van der Waals surface area (Å²) in [7, 11) is 5.27. The molecule has 1 atom stereocenters. The summed E-state index contributed by atoms with van der Waals surface area (Å²) in [6.07, 6.45) is 2.81. The van der Waals surface area contributed by atoms with Crippen molar-refractivity contribution in [3.05, 3.63) is 94.8 Å². The van der Waals surface area contributed by atoms with Crippen LogP contribution in [-0.2, 0) is 23.1 Å². The van der Waals surface area contributed by atoms with Gasteiger partial charge in [-0.25, -0.2) is 0 Å². The first kappa shape index (κ1) is 25.6. The summed E-state index contributed by atoms with van der Waals surface area (Å²) in [6, 6.07) is 19.8. The fourth-order valence-corrected chi connectivity index (χ4v) is 5.77. The van der Waals surface area contributed by atoms with Crippen LogP contribution < -0.4 is 19.5 Å². The molecule has 0 saturated heterocycles. The van der Waals surface area contributed by atoms with Crippen LogP contribution in [0.3, 0.4) is 0 Å². The molecule has 3 aromatic carbocycles. The molecule has 8 heteroatoms. The number of hydrogen-bond donors (Lipinski definition) is 1. The summed E-state index contributed by atoms with van der Waals surface area (Å²) in [4.78, 5) is 27.3. The number of anilines is 1. The average Bonchev–Trinajstić information content (AvgIpc) is 3.42. The number of carbonyl (C=O) groups excluding carboxylic acids is 2. The fraction of sp³-hybridized carbons (Fsp3) is 0.250. The molecule has 0 saturated carbocycles. The van der Waals surface area contributed by atoms with Crippen molar-refractivity contribution in [2.45, 2.75) is 19.3 Å². The highest BCUT2D eigenvalue weighted by atomic mass is 16.5. The first-order valence-corrected chi connectivity index (χ1v) is 13.2. The molecule has 40 heavy (non-hydrogen) atoms. The minimum Gasteiger partial charge on any atom is -0.497 e. The highest BCUT2D eigenvalue weighted by Gasteiger charge is 2.41. The summed E-state index contributed by atoms with van der Waals surface area (Å²) in [5, 5.41) is 4.55. The minimum atomic E-state index is -0.394. The van der Waals surface area contributed by atoms with Crippen LogP contribution in [0.25, 0.3) is 10.9 Å². The summed E-state index contributed by atoms with van der Waals surface area (Å²) in [6.45, 7) is 2.12. The van der Waals surface area contributed by atoms with Gasteiger partial charge in [-0.1, -0.05) is 24.3 Å². The Morgan fingerprint density at radius 2 is 1.82 bits per heavy atom. The van der Waals surface area contributed by atoms with Crippen LogP contribution in [0.5, 0.6) is 17.2 Å². The number of aryl methyl sites for hydroxylation is 1. The van der Waals surface area contributed by atoms with Crippen LogP contribution >= 0.6 is 0 Å². The molecule has 0 fully saturated rings. The molecule has 0 radical (unpaired) electrons. The summed E-state index contributed by atoms with van der Waals surface area (Å²) in [5.74, 6) is 1.09. The maximum Gasteiger partial charge on any atom is 0.259 e. The van der Waals surface area contributed by atoms with Crippen molar-refractivity contribution in [2.24, 2.45) is 7.05 Å². The molecule has 2 aliphatic rings. The van der Waals surface area contributed by atoms with E-state index < -0.39 is 5.92 Å². The van der Waals surface area contributed by atoms with Gasteiger partial charge in [0.05, 0.1) is 38.5 Å². The number of amides is 2. The fourth-order valence-electron chi connectivity index (χ4n) is 5.77. The van der Waals surface area contributed by atoms with Crippen molar-refractivity contribution in [2.75, 3.05) is 32.7 Å². The van der Waals surface area contributed by atoms with Crippen LogP contribution in [0.4, 0.5) is 5.69 Å². The van der Waals surface area contributed by atoms with Crippen molar-refractivity contribution in [1.82, 2.24) is 9.47 Å². The van der Waals surface area contributed by atoms with E-state index in [0.717, 1.165) is 51.1 Å². The van der Waals surface area contributed by atoms with Crippen LogP contribution in [0.2, 0.25) is 0 Å². The first-order chi connectivity index (χ1) is 19.4. The van der Waals surface area contributed by atoms with E-state index in [2.05, 4.69) is 22.1 Å². The third-order valence-corrected chi connectivity index (χ3v) is 7.75. The number of rotatable bonds is 7. The average molecular weight is 538 g/mol. The number of imide groups is 1. The number of aromatic nitrogens is 1. The Labute approximate surface area is 232 Å². The van der Waals surface area contributed by atoms with E-state index in [-0.39, 0.29) is 18.4 Å². The Morgan fingerprint density at radius 3 is 2.55 bits per heavy atom. The lowest BCUT2D eigenvalue weighted by Gasteiger charge is -2.21. The predicted molar refractivity (Wildman–Crippen MR) is 153 cm³/mol. The molecule has 0 spiro atoms. The van der Waals surface area contributed by atoms with Gasteiger partial charge < -0.3 is 24.1 Å².